The molecular weight excluding hydrogens is 159 g/mol. The van der Waals surface area contributed by atoms with Crippen molar-refractivity contribution in [1.82, 2.24) is 0 Å². The van der Waals surface area contributed by atoms with Gasteiger partial charge in [-0.3, -0.25) is 0 Å². The molecule has 0 spiro atoms. The summed E-state index contributed by atoms with van der Waals surface area (Å²) in [4.78, 5) is 0. The number of hydrogen-bond acceptors (Lipinski definition) is 1. The van der Waals surface area contributed by atoms with Crippen molar-refractivity contribution in [3.8, 4) is 0 Å². The van der Waals surface area contributed by atoms with E-state index in [0.29, 0.717) is 17.1 Å². The second-order valence-corrected chi connectivity index (χ2v) is 4.51. The molecule has 0 aromatic rings. The van der Waals surface area contributed by atoms with E-state index in [1.165, 1.54) is 0 Å². The molecule has 0 N–H and O–H groups in total. The van der Waals surface area contributed by atoms with Gasteiger partial charge in [0.2, 0.25) is 0 Å². The zero-order chi connectivity index (χ0) is 8.48. The van der Waals surface area contributed by atoms with Gasteiger partial charge in [-0.2, -0.15) is 0 Å². The summed E-state index contributed by atoms with van der Waals surface area (Å²) in [6, 6.07) is 0. The Hall–Kier alpha value is 0.540. The van der Waals surface area contributed by atoms with Gasteiger partial charge in [-0.1, -0.05) is 26.8 Å². The Kier molecular flexibility index (Phi) is 4.90. The normalized spacial score (nSPS) is 24.2. The summed E-state index contributed by atoms with van der Waals surface area (Å²) in [6.45, 7) is 6.75. The predicted molar refractivity (Wildman–Crippen MR) is 44.9 cm³/mol. The summed E-state index contributed by atoms with van der Waals surface area (Å²) in [5, 5.41) is 10.9. The van der Waals surface area contributed by atoms with Gasteiger partial charge in [0.1, 0.15) is 0 Å². The molecule has 0 fully saturated rings. The Morgan fingerprint density at radius 1 is 1.42 bits per heavy atom. The van der Waals surface area contributed by atoms with Crippen LogP contribution in [0.5, 0.6) is 0 Å². The fraction of sp³-hybridized carbons (Fsp3) is 0.800. The standard InChI is InChI=1S/C10H18O.Na/c1-10(2,3)8-4-6-9(11)7-5-8;/h6,8,11H,4-5,7H2,1-3H3;/q;+1/p-1/t8-;/m0./s1. The van der Waals surface area contributed by atoms with E-state index < -0.39 is 0 Å². The Morgan fingerprint density at radius 2 is 2.00 bits per heavy atom. The summed E-state index contributed by atoms with van der Waals surface area (Å²) in [5.74, 6) is 1.05. The molecular formula is C10H17NaO. The van der Waals surface area contributed by atoms with Crippen LogP contribution in [0, 0.1) is 11.3 Å². The summed E-state index contributed by atoms with van der Waals surface area (Å²) >= 11 is 0. The van der Waals surface area contributed by atoms with Crippen LogP contribution in [0.1, 0.15) is 40.0 Å². The number of allylic oxidation sites excluding steroid dienone is 2. The average Bonchev–Trinajstić information content (AvgIpc) is 1.86. The van der Waals surface area contributed by atoms with Crippen molar-refractivity contribution in [2.24, 2.45) is 11.3 Å². The third kappa shape index (κ3) is 3.51. The monoisotopic (exact) mass is 176 g/mol. The molecule has 12 heavy (non-hydrogen) atoms. The minimum Gasteiger partial charge on any atom is -0.876 e. The third-order valence-electron chi connectivity index (χ3n) is 2.59. The molecule has 1 nitrogen and oxygen atoms in total. The fourth-order valence-corrected chi connectivity index (χ4v) is 1.60. The van der Waals surface area contributed by atoms with Crippen molar-refractivity contribution in [3.05, 3.63) is 11.8 Å². The summed E-state index contributed by atoms with van der Waals surface area (Å²) in [7, 11) is 0. The molecule has 1 aliphatic carbocycles. The van der Waals surface area contributed by atoms with E-state index in [1.807, 2.05) is 6.08 Å². The molecule has 0 amide bonds. The van der Waals surface area contributed by atoms with Gasteiger partial charge in [-0.25, -0.2) is 0 Å². The molecule has 0 aromatic carbocycles. The molecule has 0 saturated carbocycles. The van der Waals surface area contributed by atoms with Crippen molar-refractivity contribution in [2.45, 2.75) is 40.0 Å². The van der Waals surface area contributed by atoms with E-state index in [0.717, 1.165) is 19.3 Å². The van der Waals surface area contributed by atoms with Crippen LogP contribution in [-0.2, 0) is 0 Å². The van der Waals surface area contributed by atoms with Crippen LogP contribution >= 0.6 is 0 Å². The molecule has 64 valence electrons. The summed E-state index contributed by atoms with van der Waals surface area (Å²) < 4.78 is 0. The van der Waals surface area contributed by atoms with E-state index in [4.69, 9.17) is 0 Å². The van der Waals surface area contributed by atoms with E-state index in [9.17, 15) is 5.11 Å². The first-order valence-corrected chi connectivity index (χ1v) is 4.36. The summed E-state index contributed by atoms with van der Waals surface area (Å²) in [5.41, 5.74) is 0.372. The van der Waals surface area contributed by atoms with Crippen LogP contribution in [0.25, 0.3) is 0 Å². The van der Waals surface area contributed by atoms with Gasteiger partial charge in [-0.05, 0) is 30.6 Å². The van der Waals surface area contributed by atoms with Gasteiger partial charge >= 0.3 is 29.6 Å². The second kappa shape index (κ2) is 4.69. The molecule has 1 rings (SSSR count). The van der Waals surface area contributed by atoms with Gasteiger partial charge in [0.15, 0.2) is 0 Å². The molecule has 0 aliphatic heterocycles. The van der Waals surface area contributed by atoms with E-state index >= 15 is 0 Å². The third-order valence-corrected chi connectivity index (χ3v) is 2.59. The van der Waals surface area contributed by atoms with Gasteiger partial charge < -0.3 is 5.11 Å². The van der Waals surface area contributed by atoms with E-state index in [1.54, 1.807) is 0 Å². The smallest absolute Gasteiger partial charge is 0.876 e. The second-order valence-electron chi connectivity index (χ2n) is 4.51. The van der Waals surface area contributed by atoms with Crippen molar-refractivity contribution in [3.63, 3.8) is 0 Å². The molecule has 1 aliphatic rings. The Balaban J connectivity index is 0.00000121. The van der Waals surface area contributed by atoms with Crippen LogP contribution in [0.4, 0.5) is 0 Å². The van der Waals surface area contributed by atoms with Crippen LogP contribution < -0.4 is 34.7 Å². The van der Waals surface area contributed by atoms with Crippen LogP contribution in [0.3, 0.4) is 0 Å². The van der Waals surface area contributed by atoms with Crippen molar-refractivity contribution in [1.29, 1.82) is 0 Å². The average molecular weight is 176 g/mol. The van der Waals surface area contributed by atoms with E-state index in [2.05, 4.69) is 20.8 Å². The number of rotatable bonds is 0. The first-order valence-electron chi connectivity index (χ1n) is 4.36. The van der Waals surface area contributed by atoms with Crippen molar-refractivity contribution in [2.75, 3.05) is 0 Å². The topological polar surface area (TPSA) is 23.1 Å². The quantitative estimate of drug-likeness (QED) is 0.438. The van der Waals surface area contributed by atoms with Crippen LogP contribution in [0.15, 0.2) is 11.8 Å². The first-order chi connectivity index (χ1) is 5.00. The predicted octanol–water partition coefficient (Wildman–Crippen LogP) is -0.919. The maximum absolute atomic E-state index is 10.9. The maximum Gasteiger partial charge on any atom is 1.00 e. The summed E-state index contributed by atoms with van der Waals surface area (Å²) in [6.07, 6.45) is 4.70. The van der Waals surface area contributed by atoms with Gasteiger partial charge in [0.25, 0.3) is 0 Å². The molecule has 0 heterocycles. The molecule has 2 heteroatoms. The van der Waals surface area contributed by atoms with Gasteiger partial charge in [0, 0.05) is 0 Å². The van der Waals surface area contributed by atoms with Crippen molar-refractivity contribution < 1.29 is 34.7 Å². The molecule has 1 atom stereocenters. The number of hydrogen-bond donors (Lipinski definition) is 0. The largest absolute Gasteiger partial charge is 1.00 e. The maximum atomic E-state index is 10.9. The van der Waals surface area contributed by atoms with E-state index in [-0.39, 0.29) is 29.6 Å². The minimum absolute atomic E-state index is 0. The SMILES string of the molecule is CC(C)(C)[C@H]1CC=C([O-])CC1.[Na+]. The van der Waals surface area contributed by atoms with Gasteiger partial charge in [-0.15, -0.1) is 5.76 Å². The minimum atomic E-state index is 0. The van der Waals surface area contributed by atoms with Crippen molar-refractivity contribution >= 4 is 0 Å². The molecule has 0 radical (unpaired) electrons. The molecule has 0 bridgehead atoms. The van der Waals surface area contributed by atoms with Crippen LogP contribution in [-0.4, -0.2) is 0 Å². The Bertz CT molecular complexity index is 167. The molecule has 0 unspecified atom stereocenters. The zero-order valence-electron chi connectivity index (χ0n) is 8.68. The Morgan fingerprint density at radius 3 is 2.33 bits per heavy atom. The van der Waals surface area contributed by atoms with Crippen LogP contribution in [0.2, 0.25) is 0 Å². The Labute approximate surface area is 97.5 Å². The van der Waals surface area contributed by atoms with Gasteiger partial charge in [0.05, 0.1) is 0 Å². The fourth-order valence-electron chi connectivity index (χ4n) is 1.60. The zero-order valence-corrected chi connectivity index (χ0v) is 10.7. The first kappa shape index (κ1) is 12.5. The molecule has 0 saturated heterocycles. The molecule has 0 aromatic heterocycles.